The Labute approximate surface area is 207 Å². The van der Waals surface area contributed by atoms with Crippen LogP contribution >= 0.6 is 24.8 Å². The number of anilines is 1. The monoisotopic (exact) mass is 496 g/mol. The van der Waals surface area contributed by atoms with Gasteiger partial charge in [0.2, 0.25) is 11.8 Å². The van der Waals surface area contributed by atoms with Crippen molar-refractivity contribution in [3.05, 3.63) is 58.8 Å². The number of nitrogens with zero attached hydrogens (tertiary/aromatic N) is 2. The van der Waals surface area contributed by atoms with E-state index in [-0.39, 0.29) is 42.7 Å². The molecule has 2 amide bonds. The van der Waals surface area contributed by atoms with E-state index in [1.807, 2.05) is 25.1 Å². The standard InChI is InChI=1S/C23H32N6O2.2ClH/c1-15-6-4-5-7-19(15)13-29-11-10-25-20(14-29)23(31)28-17(3)22(30)26-12-18-8-9-21(24)27-16(18)2;;/h4-9,17,20,25H,10-14H2,1-3H3,(H2,24,27)(H,26,30)(H,28,31);2*1H/t17-,20+;;/m0../s1. The summed E-state index contributed by atoms with van der Waals surface area (Å²) in [6.07, 6.45) is 0. The number of piperazine rings is 1. The zero-order chi connectivity index (χ0) is 22.4. The van der Waals surface area contributed by atoms with E-state index in [1.165, 1.54) is 11.1 Å². The maximum atomic E-state index is 12.7. The normalized spacial score (nSPS) is 16.6. The summed E-state index contributed by atoms with van der Waals surface area (Å²) in [5.41, 5.74) is 9.84. The molecule has 33 heavy (non-hydrogen) atoms. The number of nitrogens with two attached hydrogens (primary N) is 1. The lowest BCUT2D eigenvalue weighted by Crippen LogP contribution is -2.59. The van der Waals surface area contributed by atoms with Crippen molar-refractivity contribution in [3.63, 3.8) is 0 Å². The van der Waals surface area contributed by atoms with Gasteiger partial charge in [-0.3, -0.25) is 14.5 Å². The third-order valence-corrected chi connectivity index (χ3v) is 5.65. The molecule has 1 aliphatic heterocycles. The third kappa shape index (κ3) is 8.16. The van der Waals surface area contributed by atoms with E-state index in [0.717, 1.165) is 30.9 Å². The van der Waals surface area contributed by atoms with Gasteiger partial charge in [0.15, 0.2) is 0 Å². The number of halogens is 2. The summed E-state index contributed by atoms with van der Waals surface area (Å²) in [5, 5.41) is 8.94. The number of carbonyl (C=O) groups excluding carboxylic acids is 2. The fraction of sp³-hybridized carbons (Fsp3) is 0.435. The molecule has 0 saturated carbocycles. The van der Waals surface area contributed by atoms with Gasteiger partial charge in [0.25, 0.3) is 0 Å². The first-order chi connectivity index (χ1) is 14.8. The van der Waals surface area contributed by atoms with Crippen molar-refractivity contribution >= 4 is 42.4 Å². The molecule has 5 N–H and O–H groups in total. The van der Waals surface area contributed by atoms with Crippen LogP contribution in [0.3, 0.4) is 0 Å². The Morgan fingerprint density at radius 3 is 2.61 bits per heavy atom. The molecule has 10 heteroatoms. The molecule has 182 valence electrons. The molecule has 1 fully saturated rings. The lowest BCUT2D eigenvalue weighted by atomic mass is 10.1. The second-order valence-electron chi connectivity index (χ2n) is 8.10. The lowest BCUT2D eigenvalue weighted by molar-refractivity contribution is -0.130. The Kier molecular flexibility index (Phi) is 11.6. The number of rotatable bonds is 7. The second kappa shape index (κ2) is 13.3. The van der Waals surface area contributed by atoms with Gasteiger partial charge in [-0.2, -0.15) is 0 Å². The van der Waals surface area contributed by atoms with E-state index in [2.05, 4.69) is 44.9 Å². The maximum Gasteiger partial charge on any atom is 0.242 e. The zero-order valence-corrected chi connectivity index (χ0v) is 20.9. The molecular formula is C23H34Cl2N6O2. The van der Waals surface area contributed by atoms with Gasteiger partial charge in [-0.25, -0.2) is 4.98 Å². The molecule has 2 heterocycles. The summed E-state index contributed by atoms with van der Waals surface area (Å²) in [5.74, 6) is 0.0456. The number of hydrogen-bond acceptors (Lipinski definition) is 6. The lowest BCUT2D eigenvalue weighted by Gasteiger charge is -2.33. The SMILES string of the molecule is Cc1ccccc1CN1CCN[C@@H](C(=O)N[C@@H](C)C(=O)NCc2ccc(N)nc2C)C1.Cl.Cl. The number of benzene rings is 1. The predicted octanol–water partition coefficient (Wildman–Crippen LogP) is 1.72. The summed E-state index contributed by atoms with van der Waals surface area (Å²) < 4.78 is 0. The van der Waals surface area contributed by atoms with Crippen LogP contribution in [-0.2, 0) is 22.7 Å². The van der Waals surface area contributed by atoms with E-state index in [1.54, 1.807) is 13.0 Å². The topological polar surface area (TPSA) is 112 Å². The van der Waals surface area contributed by atoms with Crippen LogP contribution in [0.5, 0.6) is 0 Å². The molecule has 0 bridgehead atoms. The molecule has 0 radical (unpaired) electrons. The van der Waals surface area contributed by atoms with Crippen LogP contribution in [0.4, 0.5) is 5.82 Å². The molecule has 2 aromatic rings. The summed E-state index contributed by atoms with van der Waals surface area (Å²) in [4.78, 5) is 31.7. The molecule has 1 aromatic heterocycles. The Morgan fingerprint density at radius 1 is 1.18 bits per heavy atom. The molecular weight excluding hydrogens is 463 g/mol. The third-order valence-electron chi connectivity index (χ3n) is 5.65. The van der Waals surface area contributed by atoms with Gasteiger partial charge in [0.05, 0.1) is 6.04 Å². The fourth-order valence-corrected chi connectivity index (χ4v) is 3.67. The Hall–Kier alpha value is -2.39. The quantitative estimate of drug-likeness (QED) is 0.464. The van der Waals surface area contributed by atoms with E-state index in [9.17, 15) is 9.59 Å². The van der Waals surface area contributed by atoms with E-state index >= 15 is 0 Å². The second-order valence-corrected chi connectivity index (χ2v) is 8.10. The highest BCUT2D eigenvalue weighted by atomic mass is 35.5. The largest absolute Gasteiger partial charge is 0.384 e. The summed E-state index contributed by atoms with van der Waals surface area (Å²) >= 11 is 0. The van der Waals surface area contributed by atoms with Gasteiger partial charge in [-0.1, -0.05) is 30.3 Å². The number of aryl methyl sites for hydroxylation is 2. The summed E-state index contributed by atoms with van der Waals surface area (Å²) in [6.45, 7) is 8.99. The highest BCUT2D eigenvalue weighted by Gasteiger charge is 2.27. The van der Waals surface area contributed by atoms with Gasteiger partial charge in [0, 0.05) is 38.4 Å². The average Bonchev–Trinajstić information content (AvgIpc) is 2.74. The van der Waals surface area contributed by atoms with Crippen molar-refractivity contribution in [3.8, 4) is 0 Å². The number of hydrogen-bond donors (Lipinski definition) is 4. The van der Waals surface area contributed by atoms with Crippen molar-refractivity contribution in [2.75, 3.05) is 25.4 Å². The predicted molar refractivity (Wildman–Crippen MR) is 136 cm³/mol. The van der Waals surface area contributed by atoms with Gasteiger partial charge in [-0.05, 0) is 43.5 Å². The van der Waals surface area contributed by atoms with Crippen LogP contribution in [0.15, 0.2) is 36.4 Å². The van der Waals surface area contributed by atoms with Crippen LogP contribution in [-0.4, -0.2) is 53.4 Å². The van der Waals surface area contributed by atoms with Crippen LogP contribution in [0, 0.1) is 13.8 Å². The number of amides is 2. The molecule has 0 spiro atoms. The summed E-state index contributed by atoms with van der Waals surface area (Å²) in [7, 11) is 0. The van der Waals surface area contributed by atoms with Gasteiger partial charge >= 0.3 is 0 Å². The Bertz CT molecular complexity index is 943. The first-order valence-electron chi connectivity index (χ1n) is 10.6. The van der Waals surface area contributed by atoms with Crippen LogP contribution < -0.4 is 21.7 Å². The number of pyridine rings is 1. The molecule has 1 aliphatic rings. The number of carbonyl (C=O) groups is 2. The maximum absolute atomic E-state index is 12.7. The van der Waals surface area contributed by atoms with E-state index in [4.69, 9.17) is 5.73 Å². The Morgan fingerprint density at radius 2 is 1.91 bits per heavy atom. The van der Waals surface area contributed by atoms with Crippen LogP contribution in [0.1, 0.15) is 29.3 Å². The minimum Gasteiger partial charge on any atom is -0.384 e. The Balaban J connectivity index is 0.00000272. The smallest absolute Gasteiger partial charge is 0.242 e. The highest BCUT2D eigenvalue weighted by Crippen LogP contribution is 2.12. The molecule has 0 unspecified atom stereocenters. The zero-order valence-electron chi connectivity index (χ0n) is 19.3. The minimum atomic E-state index is -0.636. The fourth-order valence-electron chi connectivity index (χ4n) is 3.67. The van der Waals surface area contributed by atoms with E-state index < -0.39 is 6.04 Å². The number of aromatic nitrogens is 1. The van der Waals surface area contributed by atoms with Crippen molar-refractivity contribution in [2.24, 2.45) is 0 Å². The number of nitrogen functional groups attached to an aromatic ring is 1. The van der Waals surface area contributed by atoms with Crippen molar-refractivity contribution < 1.29 is 9.59 Å². The summed E-state index contributed by atoms with van der Waals surface area (Å²) in [6, 6.07) is 10.9. The first-order valence-corrected chi connectivity index (χ1v) is 10.6. The number of nitrogens with one attached hydrogen (secondary N) is 3. The van der Waals surface area contributed by atoms with Crippen LogP contribution in [0.2, 0.25) is 0 Å². The van der Waals surface area contributed by atoms with Gasteiger partial charge in [0.1, 0.15) is 11.9 Å². The highest BCUT2D eigenvalue weighted by molar-refractivity contribution is 5.89. The van der Waals surface area contributed by atoms with Crippen molar-refractivity contribution in [1.82, 2.24) is 25.8 Å². The van der Waals surface area contributed by atoms with Gasteiger partial charge < -0.3 is 21.7 Å². The van der Waals surface area contributed by atoms with Crippen LogP contribution in [0.25, 0.3) is 0 Å². The van der Waals surface area contributed by atoms with Crippen molar-refractivity contribution in [2.45, 2.75) is 45.9 Å². The molecule has 1 aromatic carbocycles. The molecule has 2 atom stereocenters. The average molecular weight is 497 g/mol. The molecule has 8 nitrogen and oxygen atoms in total. The van der Waals surface area contributed by atoms with Crippen molar-refractivity contribution in [1.29, 1.82) is 0 Å². The van der Waals surface area contributed by atoms with E-state index in [0.29, 0.717) is 18.9 Å². The first kappa shape index (κ1) is 28.6. The molecule has 1 saturated heterocycles. The minimum absolute atomic E-state index is 0. The molecule has 3 rings (SSSR count). The molecule has 0 aliphatic carbocycles. The van der Waals surface area contributed by atoms with Gasteiger partial charge in [-0.15, -0.1) is 24.8 Å².